The Morgan fingerprint density at radius 1 is 1.31 bits per heavy atom. The fourth-order valence-electron chi connectivity index (χ4n) is 3.46. The van der Waals surface area contributed by atoms with Crippen molar-refractivity contribution in [3.8, 4) is 0 Å². The molecule has 1 aliphatic rings. The van der Waals surface area contributed by atoms with Crippen molar-refractivity contribution in [2.24, 2.45) is 20.0 Å². The zero-order valence-electron chi connectivity index (χ0n) is 15.0. The maximum Gasteiger partial charge on any atom is 0.407 e. The third-order valence-electron chi connectivity index (χ3n) is 4.90. The number of aromatic nitrogens is 3. The van der Waals surface area contributed by atoms with Gasteiger partial charge in [0.15, 0.2) is 0 Å². The van der Waals surface area contributed by atoms with Gasteiger partial charge in [-0.3, -0.25) is 4.57 Å². The van der Waals surface area contributed by atoms with Crippen LogP contribution in [0.4, 0.5) is 4.79 Å². The van der Waals surface area contributed by atoms with Crippen molar-refractivity contribution in [1.82, 2.24) is 19.7 Å². The van der Waals surface area contributed by atoms with Crippen molar-refractivity contribution in [3.63, 3.8) is 0 Å². The van der Waals surface area contributed by atoms with Crippen LogP contribution in [0, 0.1) is 5.92 Å². The van der Waals surface area contributed by atoms with Crippen molar-refractivity contribution in [3.05, 3.63) is 52.2 Å². The minimum atomic E-state index is -0.550. The third kappa shape index (κ3) is 3.96. The summed E-state index contributed by atoms with van der Waals surface area (Å²) in [5.41, 5.74) is 0.736. The Morgan fingerprint density at radius 2 is 2.04 bits per heavy atom. The summed E-state index contributed by atoms with van der Waals surface area (Å²) in [6.07, 6.45) is 0.126. The Morgan fingerprint density at radius 3 is 2.69 bits per heavy atom. The zero-order chi connectivity index (χ0) is 18.7. The van der Waals surface area contributed by atoms with Gasteiger partial charge >= 0.3 is 11.8 Å². The number of amides is 1. The van der Waals surface area contributed by atoms with Gasteiger partial charge < -0.3 is 15.2 Å². The molecule has 3 rings (SSSR count). The summed E-state index contributed by atoms with van der Waals surface area (Å²) in [5, 5.41) is 17.3. The van der Waals surface area contributed by atoms with E-state index in [2.05, 4.69) is 10.4 Å². The number of hydrogen-bond donors (Lipinski definition) is 2. The van der Waals surface area contributed by atoms with E-state index in [1.807, 2.05) is 30.3 Å². The predicted molar refractivity (Wildman–Crippen MR) is 94.6 cm³/mol. The molecule has 0 unspecified atom stereocenters. The lowest BCUT2D eigenvalue weighted by Crippen LogP contribution is -2.32. The summed E-state index contributed by atoms with van der Waals surface area (Å²) in [6.45, 7) is 0.532. The molecule has 1 aliphatic carbocycles. The standard InChI is InChI=1S/C18H24N4O4/c1-21-16(20-22(2)18(21)25)13-8-14(15(23)9-13)10-19-17(24)26-11-12-6-4-3-5-7-12/h3-7,13-15,23H,8-11H2,1-2H3,(H,19,24)/t13-,14+,15+/m1/s1. The number of hydrogen-bond acceptors (Lipinski definition) is 5. The second kappa shape index (κ2) is 7.74. The van der Waals surface area contributed by atoms with Crippen LogP contribution in [0.25, 0.3) is 0 Å². The number of aliphatic hydroxyl groups excluding tert-OH is 1. The van der Waals surface area contributed by atoms with E-state index in [0.29, 0.717) is 25.2 Å². The number of nitrogens with one attached hydrogen (secondary N) is 1. The van der Waals surface area contributed by atoms with Gasteiger partial charge in [0, 0.05) is 32.5 Å². The van der Waals surface area contributed by atoms with E-state index >= 15 is 0 Å². The van der Waals surface area contributed by atoms with Gasteiger partial charge in [-0.25, -0.2) is 14.3 Å². The molecule has 0 saturated heterocycles. The van der Waals surface area contributed by atoms with Crippen LogP contribution in [-0.4, -0.2) is 38.2 Å². The molecule has 1 fully saturated rings. The topological polar surface area (TPSA) is 98.4 Å². The zero-order valence-corrected chi connectivity index (χ0v) is 15.0. The quantitative estimate of drug-likeness (QED) is 0.825. The van der Waals surface area contributed by atoms with Crippen molar-refractivity contribution >= 4 is 6.09 Å². The minimum Gasteiger partial charge on any atom is -0.445 e. The first kappa shape index (κ1) is 18.2. The number of ether oxygens (including phenoxy) is 1. The Labute approximate surface area is 151 Å². The number of benzene rings is 1. The number of aliphatic hydroxyl groups is 1. The Hall–Kier alpha value is -2.61. The van der Waals surface area contributed by atoms with E-state index in [1.54, 1.807) is 14.1 Å². The third-order valence-corrected chi connectivity index (χ3v) is 4.90. The molecule has 2 N–H and O–H groups in total. The van der Waals surface area contributed by atoms with Crippen LogP contribution >= 0.6 is 0 Å². The molecule has 1 saturated carbocycles. The van der Waals surface area contributed by atoms with E-state index in [9.17, 15) is 14.7 Å². The summed E-state index contributed by atoms with van der Waals surface area (Å²) in [4.78, 5) is 23.7. The molecule has 0 bridgehead atoms. The van der Waals surface area contributed by atoms with Gasteiger partial charge in [-0.15, -0.1) is 0 Å². The van der Waals surface area contributed by atoms with Gasteiger partial charge in [0.05, 0.1) is 6.10 Å². The highest BCUT2D eigenvalue weighted by Gasteiger charge is 2.36. The molecular formula is C18H24N4O4. The van der Waals surface area contributed by atoms with Gasteiger partial charge in [0.2, 0.25) is 0 Å². The van der Waals surface area contributed by atoms with Gasteiger partial charge in [0.1, 0.15) is 12.4 Å². The molecule has 8 nitrogen and oxygen atoms in total. The van der Waals surface area contributed by atoms with Crippen molar-refractivity contribution < 1.29 is 14.6 Å². The van der Waals surface area contributed by atoms with Gasteiger partial charge in [0.25, 0.3) is 0 Å². The maximum absolute atomic E-state index is 11.9. The lowest BCUT2D eigenvalue weighted by atomic mass is 10.0. The van der Waals surface area contributed by atoms with Gasteiger partial charge in [-0.05, 0) is 18.4 Å². The first-order valence-electron chi connectivity index (χ1n) is 8.68. The average Bonchev–Trinajstić information content (AvgIpc) is 3.13. The molecule has 0 spiro atoms. The van der Waals surface area contributed by atoms with Crippen LogP contribution in [0.3, 0.4) is 0 Å². The van der Waals surface area contributed by atoms with Crippen LogP contribution in [-0.2, 0) is 25.4 Å². The molecule has 1 amide bonds. The molecule has 8 heteroatoms. The van der Waals surface area contributed by atoms with Crippen LogP contribution in [0.2, 0.25) is 0 Å². The maximum atomic E-state index is 11.9. The smallest absolute Gasteiger partial charge is 0.407 e. The first-order chi connectivity index (χ1) is 12.5. The summed E-state index contributed by atoms with van der Waals surface area (Å²) in [6, 6.07) is 9.44. The summed E-state index contributed by atoms with van der Waals surface area (Å²) in [7, 11) is 3.29. The van der Waals surface area contributed by atoms with Crippen LogP contribution < -0.4 is 11.0 Å². The van der Waals surface area contributed by atoms with Gasteiger partial charge in [-0.1, -0.05) is 30.3 Å². The highest BCUT2D eigenvalue weighted by Crippen LogP contribution is 2.36. The van der Waals surface area contributed by atoms with Crippen molar-refractivity contribution in [2.45, 2.75) is 31.5 Å². The number of aryl methyl sites for hydroxylation is 1. The SMILES string of the molecule is Cn1nc([C@@H]2C[C@@H](CNC(=O)OCc3ccccc3)[C@@H](O)C2)n(C)c1=O. The number of rotatable bonds is 5. The normalized spacial score (nSPS) is 22.3. The molecule has 1 heterocycles. The predicted octanol–water partition coefficient (Wildman–Crippen LogP) is 0.900. The Balaban J connectivity index is 1.50. The highest BCUT2D eigenvalue weighted by molar-refractivity contribution is 5.67. The largest absolute Gasteiger partial charge is 0.445 e. The van der Waals surface area contributed by atoms with E-state index in [4.69, 9.17) is 4.74 Å². The molecule has 3 atom stereocenters. The molecule has 1 aromatic carbocycles. The monoisotopic (exact) mass is 360 g/mol. The Kier molecular flexibility index (Phi) is 5.41. The number of carbonyl (C=O) groups excluding carboxylic acids is 1. The molecule has 1 aromatic heterocycles. The molecule has 2 aromatic rings. The minimum absolute atomic E-state index is 0.00367. The summed E-state index contributed by atoms with van der Waals surface area (Å²) < 4.78 is 8.00. The fourth-order valence-corrected chi connectivity index (χ4v) is 3.46. The second-order valence-electron chi connectivity index (χ2n) is 6.76. The van der Waals surface area contributed by atoms with E-state index in [-0.39, 0.29) is 24.1 Å². The van der Waals surface area contributed by atoms with E-state index < -0.39 is 12.2 Å². The molecule has 26 heavy (non-hydrogen) atoms. The highest BCUT2D eigenvalue weighted by atomic mass is 16.5. The van der Waals surface area contributed by atoms with Gasteiger partial charge in [-0.2, -0.15) is 5.10 Å². The number of nitrogens with zero attached hydrogens (tertiary/aromatic N) is 3. The molecule has 140 valence electrons. The second-order valence-corrected chi connectivity index (χ2v) is 6.76. The fraction of sp³-hybridized carbons (Fsp3) is 0.500. The lowest BCUT2D eigenvalue weighted by molar-refractivity contribution is 0.118. The van der Waals surface area contributed by atoms with E-state index in [1.165, 1.54) is 9.25 Å². The van der Waals surface area contributed by atoms with Crippen molar-refractivity contribution in [1.29, 1.82) is 0 Å². The summed E-state index contributed by atoms with van der Waals surface area (Å²) in [5.74, 6) is 0.572. The van der Waals surface area contributed by atoms with Crippen molar-refractivity contribution in [2.75, 3.05) is 6.54 Å². The van der Waals surface area contributed by atoms with Crippen LogP contribution in [0.15, 0.2) is 35.1 Å². The number of carbonyl (C=O) groups is 1. The first-order valence-corrected chi connectivity index (χ1v) is 8.68. The molecule has 0 aliphatic heterocycles. The van der Waals surface area contributed by atoms with Crippen LogP contribution in [0.1, 0.15) is 30.1 Å². The average molecular weight is 360 g/mol. The van der Waals surface area contributed by atoms with Crippen LogP contribution in [0.5, 0.6) is 0 Å². The summed E-state index contributed by atoms with van der Waals surface area (Å²) >= 11 is 0. The number of alkyl carbamates (subject to hydrolysis) is 1. The Bertz CT molecular complexity index is 814. The lowest BCUT2D eigenvalue weighted by Gasteiger charge is -2.15. The molecular weight excluding hydrogens is 336 g/mol. The molecule has 0 radical (unpaired) electrons. The van der Waals surface area contributed by atoms with E-state index in [0.717, 1.165) is 5.56 Å².